The highest BCUT2D eigenvalue weighted by atomic mass is 16.2. The number of H-pyrrole nitrogens is 1. The number of primary amides is 1. The van der Waals surface area contributed by atoms with Crippen molar-refractivity contribution in [2.45, 2.75) is 58.3 Å². The molecule has 41 heavy (non-hydrogen) atoms. The second-order valence-electron chi connectivity index (χ2n) is 11.1. The third-order valence-electron chi connectivity index (χ3n) is 7.74. The highest BCUT2D eigenvalue weighted by molar-refractivity contribution is 6.23. The first-order chi connectivity index (χ1) is 19.8. The number of aromatic amines is 1. The number of imide groups is 1. The second-order valence-corrected chi connectivity index (χ2v) is 11.1. The van der Waals surface area contributed by atoms with Crippen LogP contribution in [0.15, 0.2) is 66.7 Å². The summed E-state index contributed by atoms with van der Waals surface area (Å²) in [5.74, 6) is -0.0906. The van der Waals surface area contributed by atoms with Gasteiger partial charge in [-0.05, 0) is 60.7 Å². The third-order valence-corrected chi connectivity index (χ3v) is 7.74. The lowest BCUT2D eigenvalue weighted by Crippen LogP contribution is -2.42. The van der Waals surface area contributed by atoms with Crippen molar-refractivity contribution in [3.63, 3.8) is 0 Å². The first kappa shape index (κ1) is 28.1. The zero-order chi connectivity index (χ0) is 28.9. The highest BCUT2D eigenvalue weighted by Gasteiger charge is 2.32. The van der Waals surface area contributed by atoms with E-state index in [0.29, 0.717) is 29.3 Å². The normalized spacial score (nSPS) is 13.8. The van der Waals surface area contributed by atoms with Crippen LogP contribution in [0.25, 0.3) is 11.0 Å². The predicted octanol–water partition coefficient (Wildman–Crippen LogP) is 5.93. The number of carbonyl (C=O) groups is 3. The lowest BCUT2D eigenvalue weighted by Gasteiger charge is -2.29. The van der Waals surface area contributed by atoms with E-state index in [1.165, 1.54) is 4.90 Å². The van der Waals surface area contributed by atoms with Crippen LogP contribution in [0.1, 0.15) is 79.2 Å². The molecule has 1 aliphatic carbocycles. The van der Waals surface area contributed by atoms with Crippen LogP contribution in [0.2, 0.25) is 0 Å². The van der Waals surface area contributed by atoms with E-state index < -0.39 is 11.8 Å². The summed E-state index contributed by atoms with van der Waals surface area (Å²) >= 11 is 0. The Balaban J connectivity index is 1.45. The number of fused-ring (bicyclic) bond motifs is 1. The molecule has 4 aromatic rings. The van der Waals surface area contributed by atoms with Gasteiger partial charge in [0.2, 0.25) is 11.8 Å². The number of hydrogen-bond donors (Lipinski definition) is 3. The van der Waals surface area contributed by atoms with Crippen LogP contribution in [-0.4, -0.2) is 34.2 Å². The second kappa shape index (κ2) is 12.4. The van der Waals surface area contributed by atoms with E-state index in [4.69, 9.17) is 10.7 Å². The predicted molar refractivity (Wildman–Crippen MR) is 162 cm³/mol. The number of carbonyl (C=O) groups excluding carboxylic acids is 3. The molecule has 0 radical (unpaired) electrons. The SMILES string of the molecule is CC(C)c1nc2c(Cc3ccc(N(C(=O)c4ccccc4NCC(N)=O)C(=O)C4CCCCC4)cc3)cccc2[nH]1. The van der Waals surface area contributed by atoms with E-state index in [9.17, 15) is 14.4 Å². The maximum atomic E-state index is 14.0. The van der Waals surface area contributed by atoms with Gasteiger partial charge in [0.1, 0.15) is 5.82 Å². The van der Waals surface area contributed by atoms with Crippen molar-refractivity contribution >= 4 is 40.1 Å². The fourth-order valence-corrected chi connectivity index (χ4v) is 5.51. The van der Waals surface area contributed by atoms with E-state index in [0.717, 1.165) is 60.1 Å². The number of aromatic nitrogens is 2. The zero-order valence-corrected chi connectivity index (χ0v) is 23.7. The molecule has 1 aromatic heterocycles. The average molecular weight is 552 g/mol. The van der Waals surface area contributed by atoms with Crippen LogP contribution in [0, 0.1) is 5.92 Å². The molecule has 5 rings (SSSR count). The quantitative estimate of drug-likeness (QED) is 0.223. The van der Waals surface area contributed by atoms with Gasteiger partial charge in [-0.25, -0.2) is 9.88 Å². The molecule has 212 valence electrons. The molecule has 0 atom stereocenters. The zero-order valence-electron chi connectivity index (χ0n) is 23.7. The van der Waals surface area contributed by atoms with Crippen LogP contribution in [0.3, 0.4) is 0 Å². The number of para-hydroxylation sites is 2. The Hall–Kier alpha value is -4.46. The summed E-state index contributed by atoms with van der Waals surface area (Å²) in [7, 11) is 0. The summed E-state index contributed by atoms with van der Waals surface area (Å²) in [5.41, 5.74) is 10.8. The molecule has 0 saturated heterocycles. The van der Waals surface area contributed by atoms with Crippen molar-refractivity contribution < 1.29 is 14.4 Å². The monoisotopic (exact) mass is 551 g/mol. The number of nitrogens with zero attached hydrogens (tertiary/aromatic N) is 2. The van der Waals surface area contributed by atoms with E-state index in [-0.39, 0.29) is 18.4 Å². The average Bonchev–Trinajstić information content (AvgIpc) is 3.44. The number of nitrogens with two attached hydrogens (primary N) is 1. The molecule has 0 aliphatic heterocycles. The topological polar surface area (TPSA) is 121 Å². The minimum Gasteiger partial charge on any atom is -0.376 e. The highest BCUT2D eigenvalue weighted by Crippen LogP contribution is 2.31. The van der Waals surface area contributed by atoms with Gasteiger partial charge in [-0.15, -0.1) is 0 Å². The minimum atomic E-state index is -0.538. The van der Waals surface area contributed by atoms with Gasteiger partial charge in [-0.3, -0.25) is 14.4 Å². The first-order valence-corrected chi connectivity index (χ1v) is 14.4. The molecular weight excluding hydrogens is 514 g/mol. The molecule has 3 amide bonds. The summed E-state index contributed by atoms with van der Waals surface area (Å²) < 4.78 is 0. The maximum absolute atomic E-state index is 14.0. The van der Waals surface area contributed by atoms with Crippen molar-refractivity contribution in [2.24, 2.45) is 11.7 Å². The standard InChI is InChI=1S/C33H37N5O3/c1-21(2)31-36-28-14-8-11-24(30(28)37-31)19-22-15-17-25(18-16-22)38(32(40)23-9-4-3-5-10-23)33(41)26-12-6-7-13-27(26)35-20-29(34)39/h6-8,11-18,21,23,35H,3-5,9-10,19-20H2,1-2H3,(H2,34,39)(H,36,37). The van der Waals surface area contributed by atoms with Crippen molar-refractivity contribution in [1.82, 2.24) is 9.97 Å². The molecule has 8 heteroatoms. The number of rotatable bonds is 9. The Morgan fingerprint density at radius 1 is 0.976 bits per heavy atom. The van der Waals surface area contributed by atoms with Crippen LogP contribution in [0.4, 0.5) is 11.4 Å². The van der Waals surface area contributed by atoms with Gasteiger partial charge in [0.25, 0.3) is 5.91 Å². The van der Waals surface area contributed by atoms with Crippen molar-refractivity contribution in [3.8, 4) is 0 Å². The number of imidazole rings is 1. The van der Waals surface area contributed by atoms with Gasteiger partial charge in [-0.2, -0.15) is 0 Å². The van der Waals surface area contributed by atoms with Crippen LogP contribution in [-0.2, 0) is 16.0 Å². The Labute approximate surface area is 240 Å². The number of amides is 3. The van der Waals surface area contributed by atoms with Crippen LogP contribution >= 0.6 is 0 Å². The van der Waals surface area contributed by atoms with Crippen molar-refractivity contribution in [2.75, 3.05) is 16.8 Å². The van der Waals surface area contributed by atoms with Gasteiger partial charge in [0.05, 0.1) is 28.8 Å². The number of nitrogens with one attached hydrogen (secondary N) is 2. The van der Waals surface area contributed by atoms with Gasteiger partial charge in [-0.1, -0.05) is 69.5 Å². The molecule has 8 nitrogen and oxygen atoms in total. The van der Waals surface area contributed by atoms with Crippen LogP contribution < -0.4 is 16.0 Å². The van der Waals surface area contributed by atoms with Gasteiger partial charge in [0, 0.05) is 17.5 Å². The Bertz CT molecular complexity index is 1550. The van der Waals surface area contributed by atoms with Gasteiger partial charge in [0.15, 0.2) is 0 Å². The summed E-state index contributed by atoms with van der Waals surface area (Å²) in [6, 6.07) is 20.7. The van der Waals surface area contributed by atoms with E-state index in [1.807, 2.05) is 36.4 Å². The molecule has 4 N–H and O–H groups in total. The Morgan fingerprint density at radius 2 is 1.71 bits per heavy atom. The largest absolute Gasteiger partial charge is 0.376 e. The van der Waals surface area contributed by atoms with E-state index in [2.05, 4.69) is 30.2 Å². The fourth-order valence-electron chi connectivity index (χ4n) is 5.51. The summed E-state index contributed by atoms with van der Waals surface area (Å²) in [6.45, 7) is 4.12. The molecule has 1 heterocycles. The number of hydrogen-bond acceptors (Lipinski definition) is 5. The molecule has 1 aliphatic rings. The molecule has 0 bridgehead atoms. The lowest BCUT2D eigenvalue weighted by atomic mass is 9.88. The Kier molecular flexibility index (Phi) is 8.47. The van der Waals surface area contributed by atoms with E-state index in [1.54, 1.807) is 24.3 Å². The van der Waals surface area contributed by atoms with Crippen LogP contribution in [0.5, 0.6) is 0 Å². The molecule has 1 saturated carbocycles. The fraction of sp³-hybridized carbons (Fsp3) is 0.333. The van der Waals surface area contributed by atoms with Gasteiger partial charge >= 0.3 is 0 Å². The maximum Gasteiger partial charge on any atom is 0.267 e. The smallest absolute Gasteiger partial charge is 0.267 e. The van der Waals surface area contributed by atoms with Crippen molar-refractivity contribution in [1.29, 1.82) is 0 Å². The Morgan fingerprint density at radius 3 is 2.41 bits per heavy atom. The molecule has 0 spiro atoms. The lowest BCUT2D eigenvalue weighted by molar-refractivity contribution is -0.122. The number of benzene rings is 3. The van der Waals surface area contributed by atoms with Crippen molar-refractivity contribution in [3.05, 3.63) is 89.2 Å². The van der Waals surface area contributed by atoms with E-state index >= 15 is 0 Å². The third kappa shape index (κ3) is 6.32. The minimum absolute atomic E-state index is 0.114. The summed E-state index contributed by atoms with van der Waals surface area (Å²) in [5, 5.41) is 2.94. The molecule has 0 unspecified atom stereocenters. The summed E-state index contributed by atoms with van der Waals surface area (Å²) in [6.07, 6.45) is 5.28. The number of anilines is 2. The molecular formula is C33H37N5O3. The molecule has 3 aromatic carbocycles. The first-order valence-electron chi connectivity index (χ1n) is 14.4. The molecule has 1 fully saturated rings. The van der Waals surface area contributed by atoms with Gasteiger partial charge < -0.3 is 16.0 Å². The summed E-state index contributed by atoms with van der Waals surface area (Å²) in [4.78, 5) is 48.8.